The van der Waals surface area contributed by atoms with E-state index in [0.717, 1.165) is 31.6 Å². The Labute approximate surface area is 184 Å². The van der Waals surface area contributed by atoms with E-state index in [4.69, 9.17) is 17.3 Å². The zero-order chi connectivity index (χ0) is 22.0. The first kappa shape index (κ1) is 20.7. The highest BCUT2D eigenvalue weighted by Crippen LogP contribution is 2.37. The molecule has 3 heterocycles. The highest BCUT2D eigenvalue weighted by Gasteiger charge is 2.21. The Morgan fingerprint density at radius 2 is 2.03 bits per heavy atom. The van der Waals surface area contributed by atoms with E-state index in [9.17, 15) is 10.5 Å². The van der Waals surface area contributed by atoms with Crippen molar-refractivity contribution in [3.8, 4) is 12.1 Å². The number of nitriles is 2. The number of nitrogens with zero attached hydrogens (tertiary/aromatic N) is 7. The molecular formula is C20H21ClN10. The van der Waals surface area contributed by atoms with Gasteiger partial charge in [-0.1, -0.05) is 11.6 Å². The first-order valence-corrected chi connectivity index (χ1v) is 10.3. The first-order valence-electron chi connectivity index (χ1n) is 9.95. The van der Waals surface area contributed by atoms with Crippen LogP contribution in [0, 0.1) is 22.7 Å². The third-order valence-electron chi connectivity index (χ3n) is 5.13. The number of hydrogen-bond acceptors (Lipinski definition) is 9. The topological polar surface area (TPSA) is 144 Å². The third kappa shape index (κ3) is 4.04. The Morgan fingerprint density at radius 1 is 1.26 bits per heavy atom. The van der Waals surface area contributed by atoms with Gasteiger partial charge in [0.25, 0.3) is 0 Å². The van der Waals surface area contributed by atoms with E-state index >= 15 is 0 Å². The average molecular weight is 437 g/mol. The van der Waals surface area contributed by atoms with Gasteiger partial charge in [-0.3, -0.25) is 0 Å². The Balaban J connectivity index is 1.75. The van der Waals surface area contributed by atoms with Crippen molar-refractivity contribution >= 4 is 40.4 Å². The molecule has 0 saturated carbocycles. The Morgan fingerprint density at radius 3 is 2.71 bits per heavy atom. The van der Waals surface area contributed by atoms with Crippen molar-refractivity contribution in [2.24, 2.45) is 5.73 Å². The number of benzene rings is 1. The smallest absolute Gasteiger partial charge is 0.247 e. The number of nitrogens with one attached hydrogen (secondary N) is 2. The number of rotatable bonds is 5. The molecule has 10 nitrogen and oxygen atoms in total. The van der Waals surface area contributed by atoms with Gasteiger partial charge in [0.1, 0.15) is 6.07 Å². The van der Waals surface area contributed by atoms with Crippen molar-refractivity contribution in [3.63, 3.8) is 0 Å². The van der Waals surface area contributed by atoms with Crippen LogP contribution in [0.5, 0.6) is 0 Å². The molecule has 0 bridgehead atoms. The minimum absolute atomic E-state index is 0.181. The lowest BCUT2D eigenvalue weighted by Gasteiger charge is -2.33. The van der Waals surface area contributed by atoms with Gasteiger partial charge < -0.3 is 21.3 Å². The number of halogens is 1. The molecule has 158 valence electrons. The second-order valence-corrected chi connectivity index (χ2v) is 7.60. The van der Waals surface area contributed by atoms with Gasteiger partial charge in [0.15, 0.2) is 17.2 Å². The fourth-order valence-electron chi connectivity index (χ4n) is 3.55. The van der Waals surface area contributed by atoms with Crippen molar-refractivity contribution in [2.75, 3.05) is 35.2 Å². The van der Waals surface area contributed by atoms with Crippen LogP contribution in [-0.2, 0) is 0 Å². The van der Waals surface area contributed by atoms with Crippen LogP contribution in [0.3, 0.4) is 0 Å². The molecule has 1 fully saturated rings. The molecule has 0 spiro atoms. The van der Waals surface area contributed by atoms with E-state index in [1.807, 2.05) is 6.92 Å². The second-order valence-electron chi connectivity index (χ2n) is 7.22. The van der Waals surface area contributed by atoms with Gasteiger partial charge in [0.05, 0.1) is 34.2 Å². The van der Waals surface area contributed by atoms with Crippen LogP contribution in [-0.4, -0.2) is 45.3 Å². The summed E-state index contributed by atoms with van der Waals surface area (Å²) >= 11 is 6.73. The SMILES string of the molecule is CCNc1nc(Nc2cc(C#N)cc(N3CCC(N)CC3)c2Cl)nn2c(C#N)cnc12. The minimum Gasteiger partial charge on any atom is -0.370 e. The fourth-order valence-corrected chi connectivity index (χ4v) is 3.83. The van der Waals surface area contributed by atoms with Crippen molar-refractivity contribution in [1.29, 1.82) is 10.5 Å². The molecule has 1 aliphatic heterocycles. The normalized spacial score (nSPS) is 14.3. The quantitative estimate of drug-likeness (QED) is 0.549. The molecule has 0 amide bonds. The molecule has 2 aromatic heterocycles. The predicted octanol–water partition coefficient (Wildman–Crippen LogP) is 2.62. The average Bonchev–Trinajstić information content (AvgIpc) is 3.19. The van der Waals surface area contributed by atoms with Crippen LogP contribution in [0.25, 0.3) is 5.65 Å². The van der Waals surface area contributed by atoms with Crippen molar-refractivity contribution in [3.05, 3.63) is 34.6 Å². The van der Waals surface area contributed by atoms with Gasteiger partial charge in [-0.05, 0) is 31.9 Å². The number of imidazole rings is 1. The molecular weight excluding hydrogens is 416 g/mol. The number of piperidine rings is 1. The zero-order valence-corrected chi connectivity index (χ0v) is 17.7. The summed E-state index contributed by atoms with van der Waals surface area (Å²) in [4.78, 5) is 10.8. The van der Waals surface area contributed by atoms with E-state index in [1.165, 1.54) is 10.7 Å². The highest BCUT2D eigenvalue weighted by atomic mass is 35.5. The Hall–Kier alpha value is -3.60. The minimum atomic E-state index is 0.181. The van der Waals surface area contributed by atoms with Gasteiger partial charge in [0, 0.05) is 25.7 Å². The lowest BCUT2D eigenvalue weighted by Crippen LogP contribution is -2.39. The zero-order valence-electron chi connectivity index (χ0n) is 16.9. The highest BCUT2D eigenvalue weighted by molar-refractivity contribution is 6.36. The summed E-state index contributed by atoms with van der Waals surface area (Å²) in [5, 5.41) is 30.0. The maximum absolute atomic E-state index is 9.53. The lowest BCUT2D eigenvalue weighted by molar-refractivity contribution is 0.501. The monoisotopic (exact) mass is 436 g/mol. The molecule has 1 aliphatic rings. The summed E-state index contributed by atoms with van der Waals surface area (Å²) in [5.41, 5.74) is 8.49. The maximum Gasteiger partial charge on any atom is 0.247 e. The lowest BCUT2D eigenvalue weighted by atomic mass is 10.0. The summed E-state index contributed by atoms with van der Waals surface area (Å²) < 4.78 is 1.42. The molecule has 11 heteroatoms. The number of fused-ring (bicyclic) bond motifs is 1. The van der Waals surface area contributed by atoms with E-state index in [-0.39, 0.29) is 17.7 Å². The van der Waals surface area contributed by atoms with Gasteiger partial charge in [-0.15, -0.1) is 5.10 Å². The van der Waals surface area contributed by atoms with Crippen molar-refractivity contribution in [1.82, 2.24) is 19.6 Å². The summed E-state index contributed by atoms with van der Waals surface area (Å²) in [6.07, 6.45) is 3.16. The number of nitrogens with two attached hydrogens (primary N) is 1. The maximum atomic E-state index is 9.53. The van der Waals surface area contributed by atoms with Gasteiger partial charge >= 0.3 is 0 Å². The van der Waals surface area contributed by atoms with Crippen LogP contribution in [0.1, 0.15) is 31.0 Å². The Bertz CT molecular complexity index is 1200. The van der Waals surface area contributed by atoms with Crippen LogP contribution in [0.15, 0.2) is 18.3 Å². The molecule has 31 heavy (non-hydrogen) atoms. The molecule has 1 aromatic carbocycles. The first-order chi connectivity index (χ1) is 15.0. The summed E-state index contributed by atoms with van der Waals surface area (Å²) in [6, 6.07) is 7.86. The molecule has 0 aliphatic carbocycles. The number of anilines is 4. The molecule has 0 atom stereocenters. The van der Waals surface area contributed by atoms with Gasteiger partial charge in [-0.2, -0.15) is 20.0 Å². The summed E-state index contributed by atoms with van der Waals surface area (Å²) in [7, 11) is 0. The number of aromatic nitrogens is 4. The third-order valence-corrected chi connectivity index (χ3v) is 5.53. The van der Waals surface area contributed by atoms with Crippen molar-refractivity contribution < 1.29 is 0 Å². The molecule has 0 radical (unpaired) electrons. The largest absolute Gasteiger partial charge is 0.370 e. The molecule has 0 unspecified atom stereocenters. The standard InChI is InChI=1S/C20H21ClN10/c1-2-25-18-19-26-11-14(10-23)31(19)29-20(28-18)27-15-7-12(9-22)8-16(17(15)21)30-5-3-13(24)4-6-30/h7-8,11,13H,2-6,24H2,1H3,(H2,25,27,28,29). The van der Waals surface area contributed by atoms with E-state index < -0.39 is 0 Å². The predicted molar refractivity (Wildman–Crippen MR) is 119 cm³/mol. The van der Waals surface area contributed by atoms with Crippen molar-refractivity contribution in [2.45, 2.75) is 25.8 Å². The van der Waals surface area contributed by atoms with Crippen LogP contribution in [0.2, 0.25) is 5.02 Å². The Kier molecular flexibility index (Phi) is 5.76. The molecule has 4 N–H and O–H groups in total. The van der Waals surface area contributed by atoms with Gasteiger partial charge in [-0.25, -0.2) is 4.98 Å². The molecule has 1 saturated heterocycles. The molecule has 4 rings (SSSR count). The summed E-state index contributed by atoms with van der Waals surface area (Å²) in [6.45, 7) is 4.09. The summed E-state index contributed by atoms with van der Waals surface area (Å²) in [5.74, 6) is 0.709. The molecule has 3 aromatic rings. The van der Waals surface area contributed by atoms with Crippen LogP contribution in [0.4, 0.5) is 23.1 Å². The number of hydrogen-bond donors (Lipinski definition) is 3. The van der Waals surface area contributed by atoms with Crippen LogP contribution < -0.4 is 21.3 Å². The van der Waals surface area contributed by atoms with Gasteiger partial charge in [0.2, 0.25) is 5.95 Å². The fraction of sp³-hybridized carbons (Fsp3) is 0.350. The van der Waals surface area contributed by atoms with Crippen LogP contribution >= 0.6 is 11.6 Å². The van der Waals surface area contributed by atoms with E-state index in [1.54, 1.807) is 12.1 Å². The van der Waals surface area contributed by atoms with E-state index in [0.29, 0.717) is 34.3 Å². The second kappa shape index (κ2) is 8.64. The van der Waals surface area contributed by atoms with E-state index in [2.05, 4.69) is 42.7 Å².